The van der Waals surface area contributed by atoms with E-state index in [4.69, 9.17) is 5.11 Å². The van der Waals surface area contributed by atoms with Gasteiger partial charge in [0, 0.05) is 12.6 Å². The van der Waals surface area contributed by atoms with Gasteiger partial charge in [0.1, 0.15) is 11.9 Å². The normalized spacial score (nSPS) is 20.7. The molecule has 0 bridgehead atoms. The summed E-state index contributed by atoms with van der Waals surface area (Å²) < 4.78 is 0.805. The Labute approximate surface area is 142 Å². The summed E-state index contributed by atoms with van der Waals surface area (Å²) in [6.07, 6.45) is 3.81. The molecule has 1 fully saturated rings. The maximum atomic E-state index is 11.3. The average Bonchev–Trinajstić information content (AvgIpc) is 3.03. The quantitative estimate of drug-likeness (QED) is 0.561. The van der Waals surface area contributed by atoms with Crippen LogP contribution in [0.5, 0.6) is 0 Å². The summed E-state index contributed by atoms with van der Waals surface area (Å²) >= 11 is 1.44. The summed E-state index contributed by atoms with van der Waals surface area (Å²) in [5, 5.41) is 27.6. The molecular weight excluding hydrogens is 332 g/mol. The van der Waals surface area contributed by atoms with Gasteiger partial charge in [-0.15, -0.1) is 11.3 Å². The third-order valence-corrected chi connectivity index (χ3v) is 5.31. The molecule has 128 valence electrons. The number of fused-ring (bicyclic) bond motifs is 1. The van der Waals surface area contributed by atoms with Gasteiger partial charge in [0.05, 0.1) is 15.1 Å². The van der Waals surface area contributed by atoms with Crippen molar-refractivity contribution in [2.24, 2.45) is 5.92 Å². The molecule has 0 aliphatic heterocycles. The lowest BCUT2D eigenvalue weighted by Gasteiger charge is -2.29. The zero-order valence-electron chi connectivity index (χ0n) is 12.9. The molecule has 8 nitrogen and oxygen atoms in total. The summed E-state index contributed by atoms with van der Waals surface area (Å²) in [6, 6.07) is 2.00. The van der Waals surface area contributed by atoms with Crippen LogP contribution in [0.3, 0.4) is 0 Å². The van der Waals surface area contributed by atoms with Crippen LogP contribution >= 0.6 is 11.3 Å². The number of hydrogen-bond donors (Lipinski definition) is 3. The summed E-state index contributed by atoms with van der Waals surface area (Å²) in [6.45, 7) is 0.465. The van der Waals surface area contributed by atoms with Gasteiger partial charge in [-0.25, -0.2) is 9.78 Å². The number of hydrogen-bond acceptors (Lipinski definition) is 6. The van der Waals surface area contributed by atoms with Gasteiger partial charge in [-0.3, -0.25) is 10.1 Å². The molecular formula is C15H18N4O4S. The molecule has 1 aliphatic rings. The van der Waals surface area contributed by atoms with Crippen molar-refractivity contribution in [3.63, 3.8) is 0 Å². The van der Waals surface area contributed by atoms with Crippen LogP contribution in [0.25, 0.3) is 10.2 Å². The monoisotopic (exact) mass is 350 g/mol. The predicted octanol–water partition coefficient (Wildman–Crippen LogP) is 3.44. The van der Waals surface area contributed by atoms with E-state index >= 15 is 0 Å². The van der Waals surface area contributed by atoms with Gasteiger partial charge in [-0.1, -0.05) is 0 Å². The first-order valence-corrected chi connectivity index (χ1v) is 8.66. The minimum Gasteiger partial charge on any atom is -0.465 e. The number of amides is 1. The van der Waals surface area contributed by atoms with E-state index in [-0.39, 0.29) is 11.7 Å². The van der Waals surface area contributed by atoms with Crippen LogP contribution in [0, 0.1) is 16.0 Å². The fraction of sp³-hybridized carbons (Fsp3) is 0.467. The van der Waals surface area contributed by atoms with Gasteiger partial charge in [0.2, 0.25) is 0 Å². The SMILES string of the molecule is O=C(O)NC[C@H]1CC[C@H](Nc2c([N+](=O)[O-])cnc3ccsc23)CC1. The number of nitrogens with zero attached hydrogens (tertiary/aromatic N) is 2. The van der Waals surface area contributed by atoms with Crippen molar-refractivity contribution < 1.29 is 14.8 Å². The van der Waals surface area contributed by atoms with Crippen LogP contribution in [0.4, 0.5) is 16.2 Å². The van der Waals surface area contributed by atoms with Crippen LogP contribution in [-0.2, 0) is 0 Å². The summed E-state index contributed by atoms with van der Waals surface area (Å²) in [7, 11) is 0. The topological polar surface area (TPSA) is 117 Å². The van der Waals surface area contributed by atoms with Crippen molar-refractivity contribution in [3.8, 4) is 0 Å². The van der Waals surface area contributed by atoms with E-state index in [9.17, 15) is 14.9 Å². The first kappa shape index (κ1) is 16.4. The van der Waals surface area contributed by atoms with Gasteiger partial charge < -0.3 is 15.7 Å². The highest BCUT2D eigenvalue weighted by Gasteiger charge is 2.25. The Bertz CT molecular complexity index is 755. The van der Waals surface area contributed by atoms with Crippen molar-refractivity contribution in [2.75, 3.05) is 11.9 Å². The molecule has 0 saturated heterocycles. The number of nitrogens with one attached hydrogen (secondary N) is 2. The molecule has 1 amide bonds. The molecule has 24 heavy (non-hydrogen) atoms. The zero-order valence-corrected chi connectivity index (χ0v) is 13.7. The van der Waals surface area contributed by atoms with Crippen molar-refractivity contribution >= 4 is 39.0 Å². The first-order valence-electron chi connectivity index (χ1n) is 7.78. The Kier molecular flexibility index (Phi) is 4.79. The van der Waals surface area contributed by atoms with Gasteiger partial charge in [-0.2, -0.15) is 0 Å². The highest BCUT2D eigenvalue weighted by atomic mass is 32.1. The number of rotatable bonds is 5. The average molecular weight is 350 g/mol. The first-order chi connectivity index (χ1) is 11.5. The van der Waals surface area contributed by atoms with E-state index in [0.717, 1.165) is 35.9 Å². The van der Waals surface area contributed by atoms with Crippen molar-refractivity contribution in [1.29, 1.82) is 0 Å². The van der Waals surface area contributed by atoms with Crippen LogP contribution < -0.4 is 10.6 Å². The molecule has 2 aromatic rings. The van der Waals surface area contributed by atoms with Crippen LogP contribution in [0.1, 0.15) is 25.7 Å². The number of nitro groups is 1. The highest BCUT2D eigenvalue weighted by molar-refractivity contribution is 7.17. The van der Waals surface area contributed by atoms with Gasteiger partial charge in [0.25, 0.3) is 0 Å². The summed E-state index contributed by atoms with van der Waals surface area (Å²) in [5.41, 5.74) is 1.30. The van der Waals surface area contributed by atoms with Crippen molar-refractivity contribution in [2.45, 2.75) is 31.7 Å². The van der Waals surface area contributed by atoms with E-state index in [2.05, 4.69) is 15.6 Å². The van der Waals surface area contributed by atoms with Crippen molar-refractivity contribution in [1.82, 2.24) is 10.3 Å². The number of carbonyl (C=O) groups is 1. The maximum absolute atomic E-state index is 11.3. The molecule has 2 heterocycles. The number of anilines is 1. The van der Waals surface area contributed by atoms with Crippen LogP contribution in [0.15, 0.2) is 17.6 Å². The van der Waals surface area contributed by atoms with Gasteiger partial charge in [0.15, 0.2) is 0 Å². The third-order valence-electron chi connectivity index (χ3n) is 4.39. The maximum Gasteiger partial charge on any atom is 0.404 e. The minimum absolute atomic E-state index is 0.000354. The number of thiophene rings is 1. The van der Waals surface area contributed by atoms with E-state index in [1.54, 1.807) is 0 Å². The zero-order chi connectivity index (χ0) is 17.1. The van der Waals surface area contributed by atoms with Crippen LogP contribution in [0.2, 0.25) is 0 Å². The number of aromatic nitrogens is 1. The fourth-order valence-corrected chi connectivity index (χ4v) is 3.98. The lowest BCUT2D eigenvalue weighted by Crippen LogP contribution is -2.33. The number of pyridine rings is 1. The van der Waals surface area contributed by atoms with E-state index < -0.39 is 11.0 Å². The van der Waals surface area contributed by atoms with E-state index in [1.165, 1.54) is 17.5 Å². The Morgan fingerprint density at radius 3 is 2.83 bits per heavy atom. The Morgan fingerprint density at radius 1 is 1.42 bits per heavy atom. The molecule has 3 rings (SSSR count). The van der Waals surface area contributed by atoms with E-state index in [1.807, 2.05) is 11.4 Å². The molecule has 0 unspecified atom stereocenters. The second-order valence-electron chi connectivity index (χ2n) is 5.96. The predicted molar refractivity (Wildman–Crippen MR) is 91.7 cm³/mol. The minimum atomic E-state index is -0.997. The molecule has 2 aromatic heterocycles. The lowest BCUT2D eigenvalue weighted by atomic mass is 9.86. The largest absolute Gasteiger partial charge is 0.465 e. The Morgan fingerprint density at radius 2 is 2.17 bits per heavy atom. The third kappa shape index (κ3) is 3.56. The summed E-state index contributed by atoms with van der Waals surface area (Å²) in [5.74, 6) is 0.327. The van der Waals surface area contributed by atoms with Crippen LogP contribution in [-0.4, -0.2) is 33.7 Å². The molecule has 0 aromatic carbocycles. The lowest BCUT2D eigenvalue weighted by molar-refractivity contribution is -0.384. The standard InChI is InChI=1S/C15H18N4O4S/c20-15(21)17-7-9-1-3-10(4-2-9)18-13-12(19(22)23)8-16-11-5-6-24-14(11)13/h5-6,8-10,17H,1-4,7H2,(H,16,18)(H,20,21)/t9-,10-. The summed E-state index contributed by atoms with van der Waals surface area (Å²) in [4.78, 5) is 25.6. The van der Waals surface area contributed by atoms with Gasteiger partial charge >= 0.3 is 11.8 Å². The molecule has 9 heteroatoms. The van der Waals surface area contributed by atoms with Gasteiger partial charge in [-0.05, 0) is 43.0 Å². The second-order valence-corrected chi connectivity index (χ2v) is 6.87. The number of carboxylic acid groups (broad SMARTS) is 1. The smallest absolute Gasteiger partial charge is 0.404 e. The molecule has 0 spiro atoms. The molecule has 1 aliphatic carbocycles. The molecule has 0 radical (unpaired) electrons. The van der Waals surface area contributed by atoms with E-state index in [0.29, 0.717) is 18.2 Å². The Balaban J connectivity index is 1.70. The molecule has 3 N–H and O–H groups in total. The Hall–Kier alpha value is -2.42. The molecule has 1 saturated carbocycles. The fourth-order valence-electron chi connectivity index (χ4n) is 3.13. The molecule has 0 atom stereocenters. The second kappa shape index (κ2) is 7.00. The van der Waals surface area contributed by atoms with Crippen molar-refractivity contribution in [3.05, 3.63) is 27.8 Å². The highest BCUT2D eigenvalue weighted by Crippen LogP contribution is 2.37.